The molecule has 0 unspecified atom stereocenters. The first kappa shape index (κ1) is 23.5. The lowest BCUT2D eigenvalue weighted by Crippen LogP contribution is -2.42. The van der Waals surface area contributed by atoms with Gasteiger partial charge >= 0.3 is 0 Å². The van der Waals surface area contributed by atoms with Crippen molar-refractivity contribution in [3.8, 4) is 11.3 Å². The normalized spacial score (nSPS) is 14.8. The Morgan fingerprint density at radius 1 is 1.15 bits per heavy atom. The summed E-state index contributed by atoms with van der Waals surface area (Å²) in [7, 11) is -2.08. The molecule has 1 amide bonds. The fraction of sp³-hybridized carbons (Fsp3) is 0.273. The van der Waals surface area contributed by atoms with Crippen LogP contribution in [0.3, 0.4) is 0 Å². The van der Waals surface area contributed by atoms with Crippen LogP contribution in [-0.4, -0.2) is 53.7 Å². The highest BCUT2D eigenvalue weighted by atomic mass is 32.2. The average Bonchev–Trinajstić information content (AvgIpc) is 2.81. The van der Waals surface area contributed by atoms with Gasteiger partial charge in [-0.2, -0.15) is 12.7 Å². The molecule has 0 bridgehead atoms. The molecule has 3 aromatic heterocycles. The van der Waals surface area contributed by atoms with Crippen LogP contribution in [0.1, 0.15) is 18.4 Å². The predicted octanol–water partition coefficient (Wildman–Crippen LogP) is 1.59. The van der Waals surface area contributed by atoms with Crippen LogP contribution in [0.15, 0.2) is 42.4 Å². The zero-order valence-electron chi connectivity index (χ0n) is 18.9. The first-order valence-electron chi connectivity index (χ1n) is 10.6. The number of nitrogens with zero attached hydrogens (tertiary/aromatic N) is 4. The summed E-state index contributed by atoms with van der Waals surface area (Å²) in [4.78, 5) is 25.4. The van der Waals surface area contributed by atoms with Crippen LogP contribution >= 0.6 is 0 Å². The molecule has 1 aliphatic heterocycles. The number of nitrogens with one attached hydrogen (secondary N) is 2. The second-order valence-electron chi connectivity index (χ2n) is 7.98. The molecule has 3 aromatic rings. The number of hydrogen-bond acceptors (Lipinski definition) is 8. The minimum absolute atomic E-state index is 0.310. The van der Waals surface area contributed by atoms with Crippen LogP contribution in [0.5, 0.6) is 0 Å². The summed E-state index contributed by atoms with van der Waals surface area (Å²) in [5.74, 6) is 0.346. The first-order valence-corrected chi connectivity index (χ1v) is 12.1. The van der Waals surface area contributed by atoms with Crippen molar-refractivity contribution in [2.24, 2.45) is 0 Å². The van der Waals surface area contributed by atoms with Gasteiger partial charge in [-0.1, -0.05) is 5.57 Å². The molecular formula is C22H26N8O3S. The number of carbonyl (C=O) groups is 1. The summed E-state index contributed by atoms with van der Waals surface area (Å²) in [6.07, 6.45) is 7.30. The number of carbonyl (C=O) groups excluding carboxylic acids is 1. The van der Waals surface area contributed by atoms with Gasteiger partial charge in [0.2, 0.25) is 5.91 Å². The highest BCUT2D eigenvalue weighted by Gasteiger charge is 2.24. The topological polar surface area (TPSA) is 169 Å². The second kappa shape index (κ2) is 9.33. The molecule has 0 radical (unpaired) electrons. The molecule has 0 aliphatic carbocycles. The maximum absolute atomic E-state index is 12.6. The summed E-state index contributed by atoms with van der Waals surface area (Å²) in [5, 5.41) is 4.19. The van der Waals surface area contributed by atoms with Crippen LogP contribution in [0.25, 0.3) is 22.0 Å². The van der Waals surface area contributed by atoms with Gasteiger partial charge < -0.3 is 16.8 Å². The van der Waals surface area contributed by atoms with E-state index in [-0.39, 0.29) is 5.91 Å². The van der Waals surface area contributed by atoms with Gasteiger partial charge in [0.15, 0.2) is 0 Å². The maximum Gasteiger partial charge on any atom is 0.279 e. The first-order chi connectivity index (χ1) is 16.2. The Kier molecular flexibility index (Phi) is 6.46. The van der Waals surface area contributed by atoms with Gasteiger partial charge in [-0.15, -0.1) is 0 Å². The third kappa shape index (κ3) is 4.83. The van der Waals surface area contributed by atoms with E-state index in [0.717, 1.165) is 22.1 Å². The maximum atomic E-state index is 12.6. The fourth-order valence-corrected chi connectivity index (χ4v) is 4.74. The van der Waals surface area contributed by atoms with E-state index in [4.69, 9.17) is 11.5 Å². The standard InChI is InChI=1S/C22H26N8O3S/c1-13-16(10-26-12-18(13)23)19-8-15-9-20(27-11-17(15)22(24)28-19)29-21(31)7-14-3-5-30(6-4-14)34(32,33)25-2/h7-12,25H,3-6,23H2,1-2H3,(H2,24,28)(H,27,29,31). The average molecular weight is 483 g/mol. The SMILES string of the molecule is CNS(=O)(=O)N1CCC(=CC(=O)Nc2cc3cc(-c4cncc(N)c4C)nc(N)c3cn2)CC1. The number of fused-ring (bicyclic) bond motifs is 1. The van der Waals surface area contributed by atoms with Gasteiger partial charge in [0.1, 0.15) is 11.6 Å². The van der Waals surface area contributed by atoms with E-state index in [1.54, 1.807) is 24.7 Å². The molecule has 0 aromatic carbocycles. The molecule has 1 fully saturated rings. The molecule has 0 saturated carbocycles. The third-order valence-electron chi connectivity index (χ3n) is 5.82. The minimum Gasteiger partial charge on any atom is -0.397 e. The molecule has 4 heterocycles. The lowest BCUT2D eigenvalue weighted by molar-refractivity contribution is -0.112. The third-order valence-corrected chi connectivity index (χ3v) is 7.39. The predicted molar refractivity (Wildman–Crippen MR) is 132 cm³/mol. The van der Waals surface area contributed by atoms with Crippen LogP contribution < -0.4 is 21.5 Å². The van der Waals surface area contributed by atoms with Gasteiger partial charge in [0.05, 0.1) is 17.6 Å². The van der Waals surface area contributed by atoms with Crippen molar-refractivity contribution in [1.29, 1.82) is 0 Å². The van der Waals surface area contributed by atoms with Crippen molar-refractivity contribution in [3.05, 3.63) is 47.9 Å². The number of anilines is 3. The molecule has 0 atom stereocenters. The van der Waals surface area contributed by atoms with Crippen molar-refractivity contribution in [1.82, 2.24) is 24.0 Å². The van der Waals surface area contributed by atoms with Crippen molar-refractivity contribution >= 4 is 44.2 Å². The summed E-state index contributed by atoms with van der Waals surface area (Å²) in [5.41, 5.74) is 15.8. The monoisotopic (exact) mass is 482 g/mol. The smallest absolute Gasteiger partial charge is 0.279 e. The van der Waals surface area contributed by atoms with E-state index in [1.165, 1.54) is 17.4 Å². The Labute approximate surface area is 197 Å². The molecule has 178 valence electrons. The van der Waals surface area contributed by atoms with Gasteiger partial charge in [0, 0.05) is 49.6 Å². The Hall–Kier alpha value is -3.61. The van der Waals surface area contributed by atoms with Crippen LogP contribution in [-0.2, 0) is 15.0 Å². The molecule has 6 N–H and O–H groups in total. The van der Waals surface area contributed by atoms with Crippen molar-refractivity contribution in [2.75, 3.05) is 36.9 Å². The molecule has 11 nitrogen and oxygen atoms in total. The van der Waals surface area contributed by atoms with E-state index < -0.39 is 10.2 Å². The zero-order valence-corrected chi connectivity index (χ0v) is 19.7. The van der Waals surface area contributed by atoms with Crippen LogP contribution in [0.2, 0.25) is 0 Å². The molecule has 1 aliphatic rings. The number of hydrogen-bond donors (Lipinski definition) is 4. The summed E-state index contributed by atoms with van der Waals surface area (Å²) < 4.78 is 27.4. The molecule has 12 heteroatoms. The number of nitrogen functional groups attached to an aromatic ring is 2. The largest absolute Gasteiger partial charge is 0.397 e. The molecular weight excluding hydrogens is 456 g/mol. The highest BCUT2D eigenvalue weighted by molar-refractivity contribution is 7.87. The number of rotatable bonds is 5. The number of piperidine rings is 1. The number of amides is 1. The second-order valence-corrected chi connectivity index (χ2v) is 9.86. The minimum atomic E-state index is -3.46. The van der Waals surface area contributed by atoms with Gasteiger partial charge in [-0.05, 0) is 42.8 Å². The van der Waals surface area contributed by atoms with Crippen molar-refractivity contribution in [2.45, 2.75) is 19.8 Å². The van der Waals surface area contributed by atoms with E-state index in [9.17, 15) is 13.2 Å². The summed E-state index contributed by atoms with van der Waals surface area (Å²) in [6.45, 7) is 2.53. The van der Waals surface area contributed by atoms with Crippen molar-refractivity contribution in [3.63, 3.8) is 0 Å². The number of nitrogens with two attached hydrogens (primary N) is 2. The molecule has 34 heavy (non-hydrogen) atoms. The van der Waals surface area contributed by atoms with Gasteiger partial charge in [0.25, 0.3) is 10.2 Å². The molecule has 4 rings (SSSR count). The quantitative estimate of drug-likeness (QED) is 0.397. The Bertz CT molecular complexity index is 1390. The number of pyridine rings is 3. The Morgan fingerprint density at radius 2 is 1.88 bits per heavy atom. The van der Waals surface area contributed by atoms with E-state index in [2.05, 4.69) is 25.0 Å². The van der Waals surface area contributed by atoms with E-state index >= 15 is 0 Å². The zero-order chi connectivity index (χ0) is 24.5. The molecule has 0 spiro atoms. The van der Waals surface area contributed by atoms with Crippen molar-refractivity contribution < 1.29 is 13.2 Å². The summed E-state index contributed by atoms with van der Waals surface area (Å²) >= 11 is 0. The lowest BCUT2D eigenvalue weighted by Gasteiger charge is -2.26. The summed E-state index contributed by atoms with van der Waals surface area (Å²) in [6, 6.07) is 3.58. The Balaban J connectivity index is 1.53. The van der Waals surface area contributed by atoms with Crippen LogP contribution in [0, 0.1) is 6.92 Å². The van der Waals surface area contributed by atoms with E-state index in [1.807, 2.05) is 13.0 Å². The van der Waals surface area contributed by atoms with E-state index in [0.29, 0.717) is 54.3 Å². The van der Waals surface area contributed by atoms with Crippen LogP contribution in [0.4, 0.5) is 17.3 Å². The molecule has 1 saturated heterocycles. The lowest BCUT2D eigenvalue weighted by atomic mass is 10.0. The highest BCUT2D eigenvalue weighted by Crippen LogP contribution is 2.30. The number of aromatic nitrogens is 3. The fourth-order valence-electron chi connectivity index (χ4n) is 3.81. The van der Waals surface area contributed by atoms with Gasteiger partial charge in [-0.25, -0.2) is 14.7 Å². The Morgan fingerprint density at radius 3 is 2.59 bits per heavy atom. The van der Waals surface area contributed by atoms with Gasteiger partial charge in [-0.3, -0.25) is 9.78 Å².